The van der Waals surface area contributed by atoms with Crippen LogP contribution in [0.2, 0.25) is 0 Å². The monoisotopic (exact) mass is 239 g/mol. The van der Waals surface area contributed by atoms with E-state index in [0.29, 0.717) is 13.1 Å². The van der Waals surface area contributed by atoms with Gasteiger partial charge in [-0.3, -0.25) is 9.69 Å². The standard InChI is InChI=1S/C13H25N3O/c1-4-5-14-13(17)11-16-8-6-15(7-9-16)10-12(2)3/h4,12H,1,5-11H2,2-3H3,(H,14,17). The summed E-state index contributed by atoms with van der Waals surface area (Å²) in [5, 5.41) is 2.81. The number of carbonyl (C=O) groups excluding carboxylic acids is 1. The Morgan fingerprint density at radius 1 is 1.29 bits per heavy atom. The molecular weight excluding hydrogens is 214 g/mol. The fraction of sp³-hybridized carbons (Fsp3) is 0.769. The summed E-state index contributed by atoms with van der Waals surface area (Å²) in [4.78, 5) is 16.2. The average molecular weight is 239 g/mol. The van der Waals surface area contributed by atoms with Gasteiger partial charge in [-0.05, 0) is 5.92 Å². The van der Waals surface area contributed by atoms with E-state index in [0.717, 1.165) is 38.6 Å². The smallest absolute Gasteiger partial charge is 0.234 e. The number of piperazine rings is 1. The molecule has 1 heterocycles. The molecule has 0 saturated carbocycles. The van der Waals surface area contributed by atoms with E-state index < -0.39 is 0 Å². The number of amides is 1. The molecule has 0 bridgehead atoms. The zero-order valence-electron chi connectivity index (χ0n) is 11.1. The highest BCUT2D eigenvalue weighted by Crippen LogP contribution is 2.04. The minimum absolute atomic E-state index is 0.0993. The van der Waals surface area contributed by atoms with E-state index in [9.17, 15) is 4.79 Å². The van der Waals surface area contributed by atoms with Gasteiger partial charge in [0.15, 0.2) is 0 Å². The molecule has 1 rings (SSSR count). The maximum Gasteiger partial charge on any atom is 0.234 e. The van der Waals surface area contributed by atoms with Gasteiger partial charge in [0.25, 0.3) is 0 Å². The van der Waals surface area contributed by atoms with Crippen molar-refractivity contribution in [2.45, 2.75) is 13.8 Å². The van der Waals surface area contributed by atoms with Crippen LogP contribution >= 0.6 is 0 Å². The molecule has 1 N–H and O–H groups in total. The summed E-state index contributed by atoms with van der Waals surface area (Å²) in [6, 6.07) is 0. The molecule has 1 saturated heterocycles. The number of nitrogens with zero attached hydrogens (tertiary/aromatic N) is 2. The van der Waals surface area contributed by atoms with Crippen LogP contribution in [0.3, 0.4) is 0 Å². The van der Waals surface area contributed by atoms with Crippen LogP contribution in [0.5, 0.6) is 0 Å². The molecule has 0 spiro atoms. The molecule has 0 atom stereocenters. The van der Waals surface area contributed by atoms with Gasteiger partial charge in [-0.1, -0.05) is 19.9 Å². The van der Waals surface area contributed by atoms with E-state index in [4.69, 9.17) is 0 Å². The van der Waals surface area contributed by atoms with Crippen molar-refractivity contribution in [2.75, 3.05) is 45.8 Å². The number of carbonyl (C=O) groups is 1. The Kier molecular flexibility index (Phi) is 6.22. The molecule has 0 aromatic heterocycles. The topological polar surface area (TPSA) is 35.6 Å². The SMILES string of the molecule is C=CCNC(=O)CN1CCN(CC(C)C)CC1. The van der Waals surface area contributed by atoms with Gasteiger partial charge in [0, 0.05) is 39.3 Å². The van der Waals surface area contributed by atoms with E-state index in [1.54, 1.807) is 6.08 Å². The second-order valence-electron chi connectivity index (χ2n) is 5.06. The minimum Gasteiger partial charge on any atom is -0.352 e. The lowest BCUT2D eigenvalue weighted by molar-refractivity contribution is -0.122. The first-order chi connectivity index (χ1) is 8.11. The number of hydrogen-bond acceptors (Lipinski definition) is 3. The molecule has 4 nitrogen and oxygen atoms in total. The van der Waals surface area contributed by atoms with Gasteiger partial charge in [0.2, 0.25) is 5.91 Å². The summed E-state index contributed by atoms with van der Waals surface area (Å²) in [6.45, 7) is 14.5. The van der Waals surface area contributed by atoms with Crippen LogP contribution in [0.15, 0.2) is 12.7 Å². The Morgan fingerprint density at radius 2 is 1.88 bits per heavy atom. The first kappa shape index (κ1) is 14.2. The third-order valence-electron chi connectivity index (χ3n) is 2.90. The number of nitrogens with one attached hydrogen (secondary N) is 1. The summed E-state index contributed by atoms with van der Waals surface area (Å²) < 4.78 is 0. The molecular formula is C13H25N3O. The largest absolute Gasteiger partial charge is 0.352 e. The Balaban J connectivity index is 2.18. The van der Waals surface area contributed by atoms with E-state index in [1.807, 2.05) is 0 Å². The van der Waals surface area contributed by atoms with Gasteiger partial charge < -0.3 is 10.2 Å². The number of rotatable bonds is 6. The Bertz CT molecular complexity index is 245. The second-order valence-corrected chi connectivity index (χ2v) is 5.06. The van der Waals surface area contributed by atoms with Crippen molar-refractivity contribution >= 4 is 5.91 Å². The molecule has 0 unspecified atom stereocenters. The molecule has 0 radical (unpaired) electrons. The van der Waals surface area contributed by atoms with Gasteiger partial charge in [-0.25, -0.2) is 0 Å². The lowest BCUT2D eigenvalue weighted by Gasteiger charge is -2.35. The van der Waals surface area contributed by atoms with Crippen molar-refractivity contribution in [3.05, 3.63) is 12.7 Å². The third kappa shape index (κ3) is 5.84. The highest BCUT2D eigenvalue weighted by Gasteiger charge is 2.18. The molecule has 1 amide bonds. The van der Waals surface area contributed by atoms with Crippen molar-refractivity contribution < 1.29 is 4.79 Å². The van der Waals surface area contributed by atoms with Gasteiger partial charge in [-0.2, -0.15) is 0 Å². The molecule has 4 heteroatoms. The van der Waals surface area contributed by atoms with Crippen LogP contribution in [-0.2, 0) is 4.79 Å². The minimum atomic E-state index is 0.0993. The molecule has 1 fully saturated rings. The van der Waals surface area contributed by atoms with Crippen LogP contribution in [0.1, 0.15) is 13.8 Å². The van der Waals surface area contributed by atoms with E-state index in [2.05, 4.69) is 35.5 Å². The van der Waals surface area contributed by atoms with E-state index >= 15 is 0 Å². The fourth-order valence-corrected chi connectivity index (χ4v) is 2.09. The molecule has 98 valence electrons. The zero-order chi connectivity index (χ0) is 12.7. The Hall–Kier alpha value is -0.870. The summed E-state index contributed by atoms with van der Waals surface area (Å²) in [5.74, 6) is 0.819. The van der Waals surface area contributed by atoms with Crippen LogP contribution in [0.25, 0.3) is 0 Å². The molecule has 17 heavy (non-hydrogen) atoms. The Morgan fingerprint density at radius 3 is 2.41 bits per heavy atom. The van der Waals surface area contributed by atoms with Crippen molar-refractivity contribution in [1.82, 2.24) is 15.1 Å². The quantitative estimate of drug-likeness (QED) is 0.688. The maximum absolute atomic E-state index is 11.5. The van der Waals surface area contributed by atoms with Crippen molar-refractivity contribution in [1.29, 1.82) is 0 Å². The third-order valence-corrected chi connectivity index (χ3v) is 2.90. The maximum atomic E-state index is 11.5. The van der Waals surface area contributed by atoms with Crippen molar-refractivity contribution in [3.8, 4) is 0 Å². The molecule has 0 aromatic rings. The van der Waals surface area contributed by atoms with Gasteiger partial charge in [-0.15, -0.1) is 6.58 Å². The highest BCUT2D eigenvalue weighted by atomic mass is 16.2. The normalized spacial score (nSPS) is 18.3. The van der Waals surface area contributed by atoms with E-state index in [-0.39, 0.29) is 5.91 Å². The zero-order valence-corrected chi connectivity index (χ0v) is 11.1. The molecule has 1 aliphatic heterocycles. The summed E-state index contributed by atoms with van der Waals surface area (Å²) in [5.41, 5.74) is 0. The van der Waals surface area contributed by atoms with Crippen molar-refractivity contribution in [3.63, 3.8) is 0 Å². The predicted molar refractivity (Wildman–Crippen MR) is 70.9 cm³/mol. The lowest BCUT2D eigenvalue weighted by Crippen LogP contribution is -2.50. The lowest BCUT2D eigenvalue weighted by atomic mass is 10.2. The fourth-order valence-electron chi connectivity index (χ4n) is 2.09. The molecule has 0 aromatic carbocycles. The highest BCUT2D eigenvalue weighted by molar-refractivity contribution is 5.78. The predicted octanol–water partition coefficient (Wildman–Crippen LogP) is 0.562. The summed E-state index contributed by atoms with van der Waals surface area (Å²) in [6.07, 6.45) is 1.71. The first-order valence-electron chi connectivity index (χ1n) is 6.44. The van der Waals surface area contributed by atoms with Crippen LogP contribution in [-0.4, -0.2) is 61.5 Å². The summed E-state index contributed by atoms with van der Waals surface area (Å²) >= 11 is 0. The van der Waals surface area contributed by atoms with Gasteiger partial charge >= 0.3 is 0 Å². The number of hydrogen-bond donors (Lipinski definition) is 1. The molecule has 1 aliphatic rings. The van der Waals surface area contributed by atoms with Gasteiger partial charge in [0.1, 0.15) is 0 Å². The van der Waals surface area contributed by atoms with Crippen LogP contribution in [0, 0.1) is 5.92 Å². The second kappa shape index (κ2) is 7.45. The van der Waals surface area contributed by atoms with Crippen molar-refractivity contribution in [2.24, 2.45) is 5.92 Å². The first-order valence-corrected chi connectivity index (χ1v) is 6.44. The molecule has 0 aliphatic carbocycles. The van der Waals surface area contributed by atoms with Crippen LogP contribution in [0.4, 0.5) is 0 Å². The van der Waals surface area contributed by atoms with Crippen LogP contribution < -0.4 is 5.32 Å². The summed E-state index contributed by atoms with van der Waals surface area (Å²) in [7, 11) is 0. The average Bonchev–Trinajstić information content (AvgIpc) is 2.28. The van der Waals surface area contributed by atoms with E-state index in [1.165, 1.54) is 0 Å². The van der Waals surface area contributed by atoms with Gasteiger partial charge in [0.05, 0.1) is 6.54 Å². The Labute approximate surface area is 105 Å².